The van der Waals surface area contributed by atoms with E-state index in [1.54, 1.807) is 32.0 Å². The summed E-state index contributed by atoms with van der Waals surface area (Å²) < 4.78 is 4.62. The highest BCUT2D eigenvalue weighted by Gasteiger charge is 2.14. The molecule has 0 aromatic heterocycles. The van der Waals surface area contributed by atoms with Crippen molar-refractivity contribution in [3.05, 3.63) is 35.4 Å². The van der Waals surface area contributed by atoms with E-state index in [1.165, 1.54) is 7.11 Å². The van der Waals surface area contributed by atoms with Crippen LogP contribution in [0.4, 0.5) is 0 Å². The Labute approximate surface area is 89.7 Å². The fraction of sp³-hybridized carbons (Fsp3) is 0.417. The average molecular weight is 208 g/mol. The van der Waals surface area contributed by atoms with Gasteiger partial charge < -0.3 is 9.84 Å². The number of carbonyl (C=O) groups excluding carboxylic acids is 1. The molecule has 0 fully saturated rings. The lowest BCUT2D eigenvalue weighted by Crippen LogP contribution is -2.22. The summed E-state index contributed by atoms with van der Waals surface area (Å²) in [6, 6.07) is 7.10. The van der Waals surface area contributed by atoms with Crippen molar-refractivity contribution < 1.29 is 14.6 Å². The normalized spacial score (nSPS) is 11.2. The van der Waals surface area contributed by atoms with Gasteiger partial charge in [-0.05, 0) is 31.5 Å². The molecule has 1 rings (SSSR count). The molecule has 0 radical (unpaired) electrons. The lowest BCUT2D eigenvalue weighted by Gasteiger charge is -2.17. The van der Waals surface area contributed by atoms with E-state index in [1.807, 2.05) is 6.07 Å². The SMILES string of the molecule is COC(=O)c1cccc(CC(C)(C)O)c1. The maximum Gasteiger partial charge on any atom is 0.337 e. The van der Waals surface area contributed by atoms with Gasteiger partial charge in [0.05, 0.1) is 18.3 Å². The fourth-order valence-electron chi connectivity index (χ4n) is 1.43. The Morgan fingerprint density at radius 2 is 2.13 bits per heavy atom. The minimum absolute atomic E-state index is 0.354. The molecular formula is C12H16O3. The van der Waals surface area contributed by atoms with Crippen molar-refractivity contribution >= 4 is 5.97 Å². The second-order valence-electron chi connectivity index (χ2n) is 4.18. The first-order valence-electron chi connectivity index (χ1n) is 4.82. The number of aliphatic hydroxyl groups is 1. The van der Waals surface area contributed by atoms with E-state index in [0.717, 1.165) is 5.56 Å². The summed E-state index contributed by atoms with van der Waals surface area (Å²) in [4.78, 5) is 11.2. The molecule has 0 amide bonds. The van der Waals surface area contributed by atoms with Crippen LogP contribution in [0.1, 0.15) is 29.8 Å². The molecule has 1 aromatic carbocycles. The summed E-state index contributed by atoms with van der Waals surface area (Å²) in [6.45, 7) is 3.47. The number of hydrogen-bond acceptors (Lipinski definition) is 3. The lowest BCUT2D eigenvalue weighted by molar-refractivity contribution is 0.0598. The van der Waals surface area contributed by atoms with Crippen molar-refractivity contribution in [2.75, 3.05) is 7.11 Å². The first kappa shape index (κ1) is 11.7. The second-order valence-corrected chi connectivity index (χ2v) is 4.18. The zero-order chi connectivity index (χ0) is 11.5. The highest BCUT2D eigenvalue weighted by atomic mass is 16.5. The Kier molecular flexibility index (Phi) is 3.48. The summed E-state index contributed by atoms with van der Waals surface area (Å²) in [6.07, 6.45) is 0.512. The minimum Gasteiger partial charge on any atom is -0.465 e. The third-order valence-corrected chi connectivity index (χ3v) is 1.98. The van der Waals surface area contributed by atoms with Crippen LogP contribution in [-0.2, 0) is 11.2 Å². The van der Waals surface area contributed by atoms with Crippen molar-refractivity contribution in [3.63, 3.8) is 0 Å². The molecule has 3 heteroatoms. The third kappa shape index (κ3) is 3.72. The molecule has 0 bridgehead atoms. The molecule has 0 aliphatic carbocycles. The van der Waals surface area contributed by atoms with Gasteiger partial charge >= 0.3 is 5.97 Å². The topological polar surface area (TPSA) is 46.5 Å². The molecular weight excluding hydrogens is 192 g/mol. The van der Waals surface area contributed by atoms with Gasteiger partial charge in [0.1, 0.15) is 0 Å². The van der Waals surface area contributed by atoms with E-state index in [0.29, 0.717) is 12.0 Å². The Bertz CT molecular complexity index is 350. The highest BCUT2D eigenvalue weighted by molar-refractivity contribution is 5.89. The fourth-order valence-corrected chi connectivity index (χ4v) is 1.43. The third-order valence-electron chi connectivity index (χ3n) is 1.98. The predicted molar refractivity (Wildman–Crippen MR) is 57.8 cm³/mol. The van der Waals surface area contributed by atoms with Crippen LogP contribution in [0.5, 0.6) is 0 Å². The van der Waals surface area contributed by atoms with Gasteiger partial charge in [0.25, 0.3) is 0 Å². The van der Waals surface area contributed by atoms with Crippen molar-refractivity contribution in [2.24, 2.45) is 0 Å². The van der Waals surface area contributed by atoms with E-state index in [9.17, 15) is 9.90 Å². The zero-order valence-corrected chi connectivity index (χ0v) is 9.28. The predicted octanol–water partition coefficient (Wildman–Crippen LogP) is 1.79. The van der Waals surface area contributed by atoms with Gasteiger partial charge in [0.15, 0.2) is 0 Å². The molecule has 0 aliphatic rings. The smallest absolute Gasteiger partial charge is 0.337 e. The van der Waals surface area contributed by atoms with Crippen LogP contribution in [0.25, 0.3) is 0 Å². The van der Waals surface area contributed by atoms with Crippen LogP contribution in [0.2, 0.25) is 0 Å². The molecule has 15 heavy (non-hydrogen) atoms. The number of rotatable bonds is 3. The van der Waals surface area contributed by atoms with E-state index >= 15 is 0 Å². The summed E-state index contributed by atoms with van der Waals surface area (Å²) in [7, 11) is 1.35. The molecule has 0 heterocycles. The largest absolute Gasteiger partial charge is 0.465 e. The summed E-state index contributed by atoms with van der Waals surface area (Å²) in [5.41, 5.74) is 0.666. The second kappa shape index (κ2) is 4.45. The molecule has 3 nitrogen and oxygen atoms in total. The van der Waals surface area contributed by atoms with E-state index < -0.39 is 5.60 Å². The van der Waals surface area contributed by atoms with Gasteiger partial charge in [-0.2, -0.15) is 0 Å². The van der Waals surface area contributed by atoms with Crippen molar-refractivity contribution in [1.29, 1.82) is 0 Å². The highest BCUT2D eigenvalue weighted by Crippen LogP contribution is 2.14. The summed E-state index contributed by atoms with van der Waals surface area (Å²) >= 11 is 0. The first-order valence-corrected chi connectivity index (χ1v) is 4.82. The number of methoxy groups -OCH3 is 1. The monoisotopic (exact) mass is 208 g/mol. The van der Waals surface area contributed by atoms with Crippen LogP contribution >= 0.6 is 0 Å². The van der Waals surface area contributed by atoms with Gasteiger partial charge in [-0.15, -0.1) is 0 Å². The molecule has 1 N–H and O–H groups in total. The van der Waals surface area contributed by atoms with Gasteiger partial charge in [-0.1, -0.05) is 12.1 Å². The molecule has 1 aromatic rings. The van der Waals surface area contributed by atoms with Gasteiger partial charge in [-0.3, -0.25) is 0 Å². The number of esters is 1. The van der Waals surface area contributed by atoms with Crippen LogP contribution in [0.15, 0.2) is 24.3 Å². The Morgan fingerprint density at radius 3 is 2.67 bits per heavy atom. The van der Waals surface area contributed by atoms with E-state index in [-0.39, 0.29) is 5.97 Å². The molecule has 0 spiro atoms. The lowest BCUT2D eigenvalue weighted by atomic mass is 9.97. The standard InChI is InChI=1S/C12H16O3/c1-12(2,14)8-9-5-4-6-10(7-9)11(13)15-3/h4-7,14H,8H2,1-3H3. The first-order chi connectivity index (χ1) is 6.92. The van der Waals surface area contributed by atoms with Crippen LogP contribution < -0.4 is 0 Å². The number of benzene rings is 1. The maximum atomic E-state index is 11.2. The van der Waals surface area contributed by atoms with Crippen molar-refractivity contribution in [1.82, 2.24) is 0 Å². The van der Waals surface area contributed by atoms with Crippen LogP contribution in [-0.4, -0.2) is 23.8 Å². The Balaban J connectivity index is 2.88. The Hall–Kier alpha value is -1.35. The quantitative estimate of drug-likeness (QED) is 0.770. The van der Waals surface area contributed by atoms with Crippen LogP contribution in [0, 0.1) is 0 Å². The molecule has 0 unspecified atom stereocenters. The number of carbonyl (C=O) groups is 1. The number of hydrogen-bond donors (Lipinski definition) is 1. The number of ether oxygens (including phenoxy) is 1. The van der Waals surface area contributed by atoms with Crippen molar-refractivity contribution in [2.45, 2.75) is 25.9 Å². The van der Waals surface area contributed by atoms with Gasteiger partial charge in [-0.25, -0.2) is 4.79 Å². The van der Waals surface area contributed by atoms with Crippen LogP contribution in [0.3, 0.4) is 0 Å². The summed E-state index contributed by atoms with van der Waals surface area (Å²) in [5, 5.41) is 9.64. The molecule has 0 saturated carbocycles. The van der Waals surface area contributed by atoms with Gasteiger partial charge in [0, 0.05) is 6.42 Å². The summed E-state index contributed by atoms with van der Waals surface area (Å²) in [5.74, 6) is -0.354. The van der Waals surface area contributed by atoms with Crippen molar-refractivity contribution in [3.8, 4) is 0 Å². The average Bonchev–Trinajstić information content (AvgIpc) is 2.14. The molecule has 82 valence electrons. The molecule has 0 atom stereocenters. The molecule has 0 saturated heterocycles. The van der Waals surface area contributed by atoms with E-state index in [4.69, 9.17) is 0 Å². The van der Waals surface area contributed by atoms with E-state index in [2.05, 4.69) is 4.74 Å². The van der Waals surface area contributed by atoms with Gasteiger partial charge in [0.2, 0.25) is 0 Å². The Morgan fingerprint density at radius 1 is 1.47 bits per heavy atom. The zero-order valence-electron chi connectivity index (χ0n) is 9.28. The maximum absolute atomic E-state index is 11.2. The molecule has 0 aliphatic heterocycles. The minimum atomic E-state index is -0.769.